The van der Waals surface area contributed by atoms with Crippen LogP contribution in [0.3, 0.4) is 0 Å². The van der Waals surface area contributed by atoms with Crippen LogP contribution in [0.15, 0.2) is 18.2 Å². The molecule has 0 aliphatic heterocycles. The highest BCUT2D eigenvalue weighted by Crippen LogP contribution is 2.19. The third-order valence-corrected chi connectivity index (χ3v) is 2.03. The Hall–Kier alpha value is -1.58. The van der Waals surface area contributed by atoms with E-state index in [0.717, 1.165) is 6.07 Å². The van der Waals surface area contributed by atoms with Gasteiger partial charge in [-0.05, 0) is 23.6 Å². The Labute approximate surface area is 94.3 Å². The topological polar surface area (TPSA) is 49.3 Å². The lowest BCUT2D eigenvalue weighted by Gasteiger charge is -2.19. The van der Waals surface area contributed by atoms with Crippen LogP contribution in [0.2, 0.25) is 0 Å². The van der Waals surface area contributed by atoms with Gasteiger partial charge in [0.05, 0.1) is 11.3 Å². The maximum Gasteiger partial charge on any atom is 0.335 e. The zero-order valence-electron chi connectivity index (χ0n) is 9.67. The minimum absolute atomic E-state index is 0.0396. The Morgan fingerprint density at radius 2 is 2.06 bits per heavy atom. The van der Waals surface area contributed by atoms with E-state index in [1.807, 2.05) is 20.8 Å². The maximum absolute atomic E-state index is 13.5. The van der Waals surface area contributed by atoms with E-state index in [2.05, 4.69) is 5.32 Å². The van der Waals surface area contributed by atoms with Crippen LogP contribution in [0.5, 0.6) is 0 Å². The summed E-state index contributed by atoms with van der Waals surface area (Å²) in [6.07, 6.45) is 0. The summed E-state index contributed by atoms with van der Waals surface area (Å²) in [6, 6.07) is 3.86. The molecule has 4 heteroatoms. The summed E-state index contributed by atoms with van der Waals surface area (Å²) in [5.74, 6) is -1.66. The van der Waals surface area contributed by atoms with E-state index in [0.29, 0.717) is 12.2 Å². The minimum Gasteiger partial charge on any atom is -0.478 e. The molecule has 0 saturated heterocycles. The molecular formula is C12H16FNO2. The summed E-state index contributed by atoms with van der Waals surface area (Å²) in [5.41, 5.74) is 0.330. The van der Waals surface area contributed by atoms with Gasteiger partial charge in [-0.3, -0.25) is 0 Å². The fraction of sp³-hybridized carbons (Fsp3) is 0.417. The molecule has 0 atom stereocenters. The molecule has 1 rings (SSSR count). The van der Waals surface area contributed by atoms with Crippen LogP contribution in [-0.4, -0.2) is 17.6 Å². The molecule has 1 aromatic rings. The number of carboxylic acid groups (broad SMARTS) is 1. The van der Waals surface area contributed by atoms with Gasteiger partial charge in [-0.2, -0.15) is 0 Å². The van der Waals surface area contributed by atoms with Gasteiger partial charge in [0.2, 0.25) is 0 Å². The summed E-state index contributed by atoms with van der Waals surface area (Å²) in [6.45, 7) is 6.72. The van der Waals surface area contributed by atoms with E-state index < -0.39 is 11.8 Å². The van der Waals surface area contributed by atoms with Crippen molar-refractivity contribution < 1.29 is 14.3 Å². The number of carbonyl (C=O) groups is 1. The number of carboxylic acids is 1. The standard InChI is InChI=1S/C12H16FNO2/c1-12(2,3)7-14-10-5-4-8(11(15)16)6-9(10)13/h4-6,14H,7H2,1-3H3,(H,15,16). The lowest BCUT2D eigenvalue weighted by Crippen LogP contribution is -2.19. The van der Waals surface area contributed by atoms with Gasteiger partial charge in [-0.25, -0.2) is 9.18 Å². The third kappa shape index (κ3) is 3.53. The van der Waals surface area contributed by atoms with Gasteiger partial charge in [0.25, 0.3) is 0 Å². The van der Waals surface area contributed by atoms with Crippen LogP contribution in [0.4, 0.5) is 10.1 Å². The third-order valence-electron chi connectivity index (χ3n) is 2.03. The van der Waals surface area contributed by atoms with Crippen LogP contribution in [-0.2, 0) is 0 Å². The van der Waals surface area contributed by atoms with Crippen molar-refractivity contribution in [1.82, 2.24) is 0 Å². The van der Waals surface area contributed by atoms with Crippen LogP contribution in [0.25, 0.3) is 0 Å². The lowest BCUT2D eigenvalue weighted by atomic mass is 9.97. The Morgan fingerprint density at radius 3 is 2.50 bits per heavy atom. The second-order valence-electron chi connectivity index (χ2n) is 4.91. The van der Waals surface area contributed by atoms with Crippen molar-refractivity contribution in [3.8, 4) is 0 Å². The quantitative estimate of drug-likeness (QED) is 0.831. The fourth-order valence-electron chi connectivity index (χ4n) is 1.15. The highest BCUT2D eigenvalue weighted by atomic mass is 19.1. The summed E-state index contributed by atoms with van der Waals surface area (Å²) < 4.78 is 13.5. The molecular weight excluding hydrogens is 209 g/mol. The number of hydrogen-bond donors (Lipinski definition) is 2. The first-order valence-corrected chi connectivity index (χ1v) is 5.06. The highest BCUT2D eigenvalue weighted by molar-refractivity contribution is 5.88. The van der Waals surface area contributed by atoms with Gasteiger partial charge in [-0.15, -0.1) is 0 Å². The van der Waals surface area contributed by atoms with E-state index in [4.69, 9.17) is 5.11 Å². The molecule has 0 aliphatic rings. The number of halogens is 1. The summed E-state index contributed by atoms with van der Waals surface area (Å²) in [7, 11) is 0. The van der Waals surface area contributed by atoms with Crippen molar-refractivity contribution >= 4 is 11.7 Å². The van der Waals surface area contributed by atoms with Crippen LogP contribution >= 0.6 is 0 Å². The molecule has 0 saturated carbocycles. The summed E-state index contributed by atoms with van der Waals surface area (Å²) in [4.78, 5) is 10.6. The molecule has 0 unspecified atom stereocenters. The van der Waals surface area contributed by atoms with Gasteiger partial charge in [0, 0.05) is 6.54 Å². The van der Waals surface area contributed by atoms with E-state index in [1.165, 1.54) is 12.1 Å². The van der Waals surface area contributed by atoms with Gasteiger partial charge in [0.15, 0.2) is 0 Å². The number of benzene rings is 1. The smallest absolute Gasteiger partial charge is 0.335 e. The first-order chi connectivity index (χ1) is 7.29. The zero-order chi connectivity index (χ0) is 12.3. The normalized spacial score (nSPS) is 11.2. The molecule has 16 heavy (non-hydrogen) atoms. The van der Waals surface area contributed by atoms with E-state index in [1.54, 1.807) is 0 Å². The number of rotatable bonds is 3. The van der Waals surface area contributed by atoms with Gasteiger partial charge < -0.3 is 10.4 Å². The van der Waals surface area contributed by atoms with Crippen LogP contribution < -0.4 is 5.32 Å². The van der Waals surface area contributed by atoms with Crippen molar-refractivity contribution in [3.05, 3.63) is 29.6 Å². The van der Waals surface area contributed by atoms with Crippen molar-refractivity contribution in [3.63, 3.8) is 0 Å². The van der Waals surface area contributed by atoms with Crippen molar-refractivity contribution in [2.24, 2.45) is 5.41 Å². The number of hydrogen-bond acceptors (Lipinski definition) is 2. The average Bonchev–Trinajstić information content (AvgIpc) is 2.14. The number of anilines is 1. The molecule has 0 aliphatic carbocycles. The molecule has 88 valence electrons. The second-order valence-corrected chi connectivity index (χ2v) is 4.91. The number of aromatic carboxylic acids is 1. The zero-order valence-corrected chi connectivity index (χ0v) is 9.67. The van der Waals surface area contributed by atoms with Gasteiger partial charge in [0.1, 0.15) is 5.82 Å². The largest absolute Gasteiger partial charge is 0.478 e. The van der Waals surface area contributed by atoms with E-state index >= 15 is 0 Å². The predicted molar refractivity (Wildman–Crippen MR) is 61.3 cm³/mol. The van der Waals surface area contributed by atoms with Gasteiger partial charge in [-0.1, -0.05) is 20.8 Å². The fourth-order valence-corrected chi connectivity index (χ4v) is 1.15. The van der Waals surface area contributed by atoms with Crippen LogP contribution in [0, 0.1) is 11.2 Å². The molecule has 0 spiro atoms. The SMILES string of the molecule is CC(C)(C)CNc1ccc(C(=O)O)cc1F. The second kappa shape index (κ2) is 4.51. The Kier molecular flexibility index (Phi) is 3.52. The first kappa shape index (κ1) is 12.5. The van der Waals surface area contributed by atoms with Crippen molar-refractivity contribution in [2.45, 2.75) is 20.8 Å². The predicted octanol–water partition coefficient (Wildman–Crippen LogP) is 2.98. The van der Waals surface area contributed by atoms with E-state index in [-0.39, 0.29) is 11.0 Å². The average molecular weight is 225 g/mol. The monoisotopic (exact) mass is 225 g/mol. The van der Waals surface area contributed by atoms with Crippen LogP contribution in [0.1, 0.15) is 31.1 Å². The molecule has 0 bridgehead atoms. The Bertz CT molecular complexity index is 396. The minimum atomic E-state index is -1.12. The number of nitrogens with one attached hydrogen (secondary N) is 1. The summed E-state index contributed by atoms with van der Waals surface area (Å²) in [5, 5.41) is 11.6. The molecule has 0 heterocycles. The Morgan fingerprint density at radius 1 is 1.44 bits per heavy atom. The Balaban J connectivity index is 2.80. The summed E-state index contributed by atoms with van der Waals surface area (Å²) >= 11 is 0. The lowest BCUT2D eigenvalue weighted by molar-refractivity contribution is 0.0696. The van der Waals surface area contributed by atoms with Crippen molar-refractivity contribution in [1.29, 1.82) is 0 Å². The molecule has 0 fully saturated rings. The molecule has 3 nitrogen and oxygen atoms in total. The molecule has 0 aromatic heterocycles. The highest BCUT2D eigenvalue weighted by Gasteiger charge is 2.12. The molecule has 0 amide bonds. The molecule has 2 N–H and O–H groups in total. The van der Waals surface area contributed by atoms with E-state index in [9.17, 15) is 9.18 Å². The van der Waals surface area contributed by atoms with Crippen molar-refractivity contribution in [2.75, 3.05) is 11.9 Å². The molecule has 1 aromatic carbocycles. The maximum atomic E-state index is 13.5. The molecule has 0 radical (unpaired) electrons. The van der Waals surface area contributed by atoms with Gasteiger partial charge >= 0.3 is 5.97 Å². The first-order valence-electron chi connectivity index (χ1n) is 5.06.